The van der Waals surface area contributed by atoms with E-state index >= 15 is 0 Å². The quantitative estimate of drug-likeness (QED) is 0.819. The van der Waals surface area contributed by atoms with Crippen LogP contribution in [0.3, 0.4) is 0 Å². The lowest BCUT2D eigenvalue weighted by atomic mass is 10.2. The second-order valence-corrected chi connectivity index (χ2v) is 4.70. The summed E-state index contributed by atoms with van der Waals surface area (Å²) in [6.45, 7) is 0.296. The number of rotatable bonds is 7. The highest BCUT2D eigenvalue weighted by molar-refractivity contribution is 5.84. The summed E-state index contributed by atoms with van der Waals surface area (Å²) in [7, 11) is 0. The summed E-state index contributed by atoms with van der Waals surface area (Å²) < 4.78 is 10.4. The van der Waals surface area contributed by atoms with Crippen LogP contribution in [-0.4, -0.2) is 23.8 Å². The highest BCUT2D eigenvalue weighted by Gasteiger charge is 2.04. The van der Waals surface area contributed by atoms with Crippen molar-refractivity contribution in [1.82, 2.24) is 0 Å². The molecule has 0 aliphatic carbocycles. The zero-order valence-corrected chi connectivity index (χ0v) is 12.4. The standard InChI is InChI=1S/C17H17NO5/c19-16(20)10-11-22-15-8-6-14(7-9-15)18-17(21)23-12-13-4-2-1-3-5-13/h1-9H,10-12H2,(H,18,21)(H,19,20). The molecule has 0 spiro atoms. The first-order valence-corrected chi connectivity index (χ1v) is 7.06. The maximum Gasteiger partial charge on any atom is 0.411 e. The number of amides is 1. The highest BCUT2D eigenvalue weighted by atomic mass is 16.5. The molecule has 6 nitrogen and oxygen atoms in total. The van der Waals surface area contributed by atoms with Gasteiger partial charge < -0.3 is 14.6 Å². The van der Waals surface area contributed by atoms with Crippen molar-refractivity contribution in [3.05, 3.63) is 60.2 Å². The number of carboxylic acids is 1. The minimum atomic E-state index is -0.913. The van der Waals surface area contributed by atoms with Crippen molar-refractivity contribution in [2.24, 2.45) is 0 Å². The summed E-state index contributed by atoms with van der Waals surface area (Å²) in [5.41, 5.74) is 1.47. The molecule has 0 unspecified atom stereocenters. The van der Waals surface area contributed by atoms with Gasteiger partial charge in [0.25, 0.3) is 0 Å². The van der Waals surface area contributed by atoms with Gasteiger partial charge in [0, 0.05) is 5.69 Å². The minimum Gasteiger partial charge on any atom is -0.493 e. The number of carboxylic acid groups (broad SMARTS) is 1. The van der Waals surface area contributed by atoms with Crippen molar-refractivity contribution in [3.63, 3.8) is 0 Å². The molecule has 120 valence electrons. The first-order chi connectivity index (χ1) is 11.1. The van der Waals surface area contributed by atoms with E-state index < -0.39 is 12.1 Å². The van der Waals surface area contributed by atoms with Gasteiger partial charge in [-0.3, -0.25) is 10.1 Å². The first kappa shape index (κ1) is 16.4. The van der Waals surface area contributed by atoms with Crippen LogP contribution in [0.2, 0.25) is 0 Å². The largest absolute Gasteiger partial charge is 0.493 e. The van der Waals surface area contributed by atoms with Crippen LogP contribution < -0.4 is 10.1 Å². The van der Waals surface area contributed by atoms with Crippen molar-refractivity contribution < 1.29 is 24.2 Å². The lowest BCUT2D eigenvalue weighted by Crippen LogP contribution is -2.13. The molecule has 1 amide bonds. The van der Waals surface area contributed by atoms with Gasteiger partial charge in [0.05, 0.1) is 13.0 Å². The van der Waals surface area contributed by atoms with Gasteiger partial charge in [-0.05, 0) is 29.8 Å². The SMILES string of the molecule is O=C(O)CCOc1ccc(NC(=O)OCc2ccccc2)cc1. The molecule has 0 radical (unpaired) electrons. The Morgan fingerprint density at radius 3 is 2.35 bits per heavy atom. The third kappa shape index (κ3) is 6.09. The predicted molar refractivity (Wildman–Crippen MR) is 84.4 cm³/mol. The van der Waals surface area contributed by atoms with Crippen LogP contribution in [-0.2, 0) is 16.1 Å². The van der Waals surface area contributed by atoms with E-state index in [1.165, 1.54) is 0 Å². The van der Waals surface area contributed by atoms with E-state index in [1.807, 2.05) is 30.3 Å². The maximum atomic E-state index is 11.7. The Labute approximate surface area is 133 Å². The second kappa shape index (κ2) is 8.43. The average molecular weight is 315 g/mol. The number of carbonyl (C=O) groups is 2. The third-order valence-electron chi connectivity index (χ3n) is 2.90. The Morgan fingerprint density at radius 1 is 1.00 bits per heavy atom. The molecule has 0 saturated carbocycles. The molecule has 0 fully saturated rings. The monoisotopic (exact) mass is 315 g/mol. The molecule has 0 atom stereocenters. The molecule has 0 aromatic heterocycles. The van der Waals surface area contributed by atoms with Crippen LogP contribution in [0, 0.1) is 0 Å². The predicted octanol–water partition coefficient (Wildman–Crippen LogP) is 3.29. The molecule has 0 aliphatic heterocycles. The van der Waals surface area contributed by atoms with Crippen molar-refractivity contribution >= 4 is 17.7 Å². The van der Waals surface area contributed by atoms with Gasteiger partial charge in [-0.2, -0.15) is 0 Å². The van der Waals surface area contributed by atoms with Crippen LogP contribution in [0.5, 0.6) is 5.75 Å². The van der Waals surface area contributed by atoms with Gasteiger partial charge in [-0.25, -0.2) is 4.79 Å². The van der Waals surface area contributed by atoms with Gasteiger partial charge in [-0.1, -0.05) is 30.3 Å². The van der Waals surface area contributed by atoms with E-state index in [2.05, 4.69) is 5.32 Å². The first-order valence-electron chi connectivity index (χ1n) is 7.06. The molecule has 0 saturated heterocycles. The smallest absolute Gasteiger partial charge is 0.411 e. The number of aliphatic carboxylic acids is 1. The number of ether oxygens (including phenoxy) is 2. The van der Waals surface area contributed by atoms with Gasteiger partial charge in [0.15, 0.2) is 0 Å². The number of nitrogens with one attached hydrogen (secondary N) is 1. The molecular formula is C17H17NO5. The van der Waals surface area contributed by atoms with Crippen LogP contribution >= 0.6 is 0 Å². The molecule has 2 aromatic rings. The number of carbonyl (C=O) groups excluding carboxylic acids is 1. The van der Waals surface area contributed by atoms with Crippen LogP contribution in [0.1, 0.15) is 12.0 Å². The summed E-state index contributed by atoms with van der Waals surface area (Å²) in [6, 6.07) is 16.0. The Bertz CT molecular complexity index is 640. The van der Waals surface area contributed by atoms with Crippen LogP contribution in [0.25, 0.3) is 0 Å². The van der Waals surface area contributed by atoms with Gasteiger partial charge in [0.1, 0.15) is 12.4 Å². The van der Waals surface area contributed by atoms with Gasteiger partial charge in [-0.15, -0.1) is 0 Å². The minimum absolute atomic E-state index is 0.0637. The summed E-state index contributed by atoms with van der Waals surface area (Å²) in [4.78, 5) is 22.1. The Morgan fingerprint density at radius 2 is 1.70 bits per heavy atom. The molecule has 23 heavy (non-hydrogen) atoms. The number of anilines is 1. The van der Waals surface area contributed by atoms with Crippen molar-refractivity contribution in [3.8, 4) is 5.75 Å². The molecular weight excluding hydrogens is 298 g/mol. The highest BCUT2D eigenvalue weighted by Crippen LogP contribution is 2.16. The van der Waals surface area contributed by atoms with E-state index in [0.29, 0.717) is 11.4 Å². The third-order valence-corrected chi connectivity index (χ3v) is 2.90. The van der Waals surface area contributed by atoms with Crippen molar-refractivity contribution in [1.29, 1.82) is 0 Å². The van der Waals surface area contributed by atoms with E-state index in [0.717, 1.165) is 5.56 Å². The van der Waals surface area contributed by atoms with Gasteiger partial charge in [0.2, 0.25) is 0 Å². The van der Waals surface area contributed by atoms with Crippen molar-refractivity contribution in [2.45, 2.75) is 13.0 Å². The fourth-order valence-electron chi connectivity index (χ4n) is 1.77. The van der Waals surface area contributed by atoms with E-state index in [9.17, 15) is 9.59 Å². The molecule has 2 aromatic carbocycles. The molecule has 0 aliphatic rings. The summed E-state index contributed by atoms with van der Waals surface area (Å²) in [5.74, 6) is -0.376. The fourth-order valence-corrected chi connectivity index (χ4v) is 1.77. The molecule has 0 heterocycles. The number of benzene rings is 2. The summed E-state index contributed by atoms with van der Waals surface area (Å²) in [5, 5.41) is 11.1. The summed E-state index contributed by atoms with van der Waals surface area (Å²) in [6.07, 6.45) is -0.611. The Kier molecular flexibility index (Phi) is 5.99. The van der Waals surface area contributed by atoms with Gasteiger partial charge >= 0.3 is 12.1 Å². The zero-order valence-electron chi connectivity index (χ0n) is 12.4. The van der Waals surface area contributed by atoms with Crippen LogP contribution in [0.4, 0.5) is 10.5 Å². The lowest BCUT2D eigenvalue weighted by Gasteiger charge is -2.08. The second-order valence-electron chi connectivity index (χ2n) is 4.70. The van der Waals surface area contributed by atoms with Crippen LogP contribution in [0.15, 0.2) is 54.6 Å². The lowest BCUT2D eigenvalue weighted by molar-refractivity contribution is -0.137. The molecule has 0 bridgehead atoms. The van der Waals surface area contributed by atoms with E-state index in [4.69, 9.17) is 14.6 Å². The topological polar surface area (TPSA) is 84.9 Å². The average Bonchev–Trinajstić information content (AvgIpc) is 2.55. The Balaban J connectivity index is 1.76. The summed E-state index contributed by atoms with van der Waals surface area (Å²) >= 11 is 0. The fraction of sp³-hybridized carbons (Fsp3) is 0.176. The maximum absolute atomic E-state index is 11.7. The zero-order chi connectivity index (χ0) is 16.5. The van der Waals surface area contributed by atoms with E-state index in [-0.39, 0.29) is 19.6 Å². The molecule has 2 rings (SSSR count). The number of hydrogen-bond acceptors (Lipinski definition) is 4. The van der Waals surface area contributed by atoms with Crippen molar-refractivity contribution in [2.75, 3.05) is 11.9 Å². The number of hydrogen-bond donors (Lipinski definition) is 2. The normalized spacial score (nSPS) is 9.91. The van der Waals surface area contributed by atoms with E-state index in [1.54, 1.807) is 24.3 Å². The molecule has 6 heteroatoms. The molecule has 2 N–H and O–H groups in total. The Hall–Kier alpha value is -3.02.